The molecule has 14 heavy (non-hydrogen) atoms. The number of rotatable bonds is 6. The highest BCUT2D eigenvalue weighted by atomic mass is 32.1. The molecule has 0 aliphatic heterocycles. The summed E-state index contributed by atoms with van der Waals surface area (Å²) >= 11 is 8.13. The SMILES string of the molecule is CCCC(=O)OCC(O)(CS)C(C)S. The normalized spacial score (nSPS) is 17.2. The lowest BCUT2D eigenvalue weighted by Gasteiger charge is -2.28. The lowest BCUT2D eigenvalue weighted by Crippen LogP contribution is -2.45. The predicted octanol–water partition coefficient (Wildman–Crippen LogP) is 1.31. The summed E-state index contributed by atoms with van der Waals surface area (Å²) in [6, 6.07) is 0. The second-order valence-corrected chi connectivity index (χ2v) is 4.44. The molecule has 0 aromatic heterocycles. The maximum absolute atomic E-state index is 11.0. The van der Waals surface area contributed by atoms with Gasteiger partial charge in [0.1, 0.15) is 12.2 Å². The maximum atomic E-state index is 11.0. The van der Waals surface area contributed by atoms with Crippen molar-refractivity contribution in [3.8, 4) is 0 Å². The van der Waals surface area contributed by atoms with Crippen molar-refractivity contribution < 1.29 is 14.6 Å². The standard InChI is InChI=1S/C9H18O3S2/c1-3-4-8(10)12-5-9(11,6-13)7(2)14/h7,11,13-14H,3-6H2,1-2H3. The molecule has 0 rings (SSSR count). The van der Waals surface area contributed by atoms with E-state index in [0.717, 1.165) is 6.42 Å². The average molecular weight is 238 g/mol. The van der Waals surface area contributed by atoms with Crippen molar-refractivity contribution >= 4 is 31.2 Å². The fourth-order valence-electron chi connectivity index (χ4n) is 0.780. The van der Waals surface area contributed by atoms with Crippen LogP contribution in [0.4, 0.5) is 0 Å². The first-order valence-corrected chi connectivity index (χ1v) is 5.78. The minimum atomic E-state index is -1.14. The lowest BCUT2D eigenvalue weighted by atomic mass is 10.0. The van der Waals surface area contributed by atoms with Gasteiger partial charge in [0, 0.05) is 17.4 Å². The van der Waals surface area contributed by atoms with Gasteiger partial charge >= 0.3 is 5.97 Å². The van der Waals surface area contributed by atoms with Crippen LogP contribution < -0.4 is 0 Å². The summed E-state index contributed by atoms with van der Waals surface area (Å²) in [5, 5.41) is 9.60. The molecule has 3 nitrogen and oxygen atoms in total. The van der Waals surface area contributed by atoms with Crippen molar-refractivity contribution in [1.82, 2.24) is 0 Å². The Morgan fingerprint density at radius 3 is 2.57 bits per heavy atom. The molecule has 84 valence electrons. The molecule has 0 radical (unpaired) electrons. The summed E-state index contributed by atoms with van der Waals surface area (Å²) in [7, 11) is 0. The van der Waals surface area contributed by atoms with Gasteiger partial charge in [0.05, 0.1) is 0 Å². The zero-order valence-corrected chi connectivity index (χ0v) is 10.4. The molecular weight excluding hydrogens is 220 g/mol. The number of aliphatic hydroxyl groups is 1. The molecule has 2 unspecified atom stereocenters. The largest absolute Gasteiger partial charge is 0.463 e. The van der Waals surface area contributed by atoms with E-state index in [-0.39, 0.29) is 23.6 Å². The Hall–Kier alpha value is 0.130. The number of hydrogen-bond donors (Lipinski definition) is 3. The monoisotopic (exact) mass is 238 g/mol. The Balaban J connectivity index is 4.01. The van der Waals surface area contributed by atoms with E-state index in [0.29, 0.717) is 6.42 Å². The predicted molar refractivity (Wildman–Crippen MR) is 63.1 cm³/mol. The maximum Gasteiger partial charge on any atom is 0.305 e. The smallest absolute Gasteiger partial charge is 0.305 e. The highest BCUT2D eigenvalue weighted by molar-refractivity contribution is 7.81. The second-order valence-electron chi connectivity index (χ2n) is 3.35. The first-order valence-electron chi connectivity index (χ1n) is 4.63. The molecule has 0 spiro atoms. The molecule has 5 heteroatoms. The van der Waals surface area contributed by atoms with Crippen molar-refractivity contribution in [3.63, 3.8) is 0 Å². The number of ether oxygens (including phenoxy) is 1. The fraction of sp³-hybridized carbons (Fsp3) is 0.889. The van der Waals surface area contributed by atoms with Crippen LogP contribution in [-0.4, -0.2) is 34.3 Å². The number of hydrogen-bond acceptors (Lipinski definition) is 5. The summed E-state index contributed by atoms with van der Waals surface area (Å²) in [5.41, 5.74) is -1.14. The van der Waals surface area contributed by atoms with Crippen LogP contribution in [0.5, 0.6) is 0 Å². The van der Waals surface area contributed by atoms with Crippen molar-refractivity contribution in [1.29, 1.82) is 0 Å². The van der Waals surface area contributed by atoms with Gasteiger partial charge in [-0.3, -0.25) is 4.79 Å². The third-order valence-electron chi connectivity index (χ3n) is 1.99. The van der Waals surface area contributed by atoms with Crippen LogP contribution >= 0.6 is 25.3 Å². The molecule has 0 heterocycles. The number of esters is 1. The van der Waals surface area contributed by atoms with Crippen LogP contribution in [0.3, 0.4) is 0 Å². The van der Waals surface area contributed by atoms with Crippen LogP contribution in [0.15, 0.2) is 0 Å². The minimum absolute atomic E-state index is 0.0417. The van der Waals surface area contributed by atoms with Gasteiger partial charge in [0.15, 0.2) is 0 Å². The van der Waals surface area contributed by atoms with Crippen molar-refractivity contribution in [3.05, 3.63) is 0 Å². The van der Waals surface area contributed by atoms with Gasteiger partial charge in [-0.1, -0.05) is 13.8 Å². The third kappa shape index (κ3) is 4.57. The van der Waals surface area contributed by atoms with Gasteiger partial charge < -0.3 is 9.84 Å². The molecule has 0 amide bonds. The van der Waals surface area contributed by atoms with Crippen molar-refractivity contribution in [2.45, 2.75) is 37.5 Å². The highest BCUT2D eigenvalue weighted by Crippen LogP contribution is 2.18. The van der Waals surface area contributed by atoms with E-state index in [1.54, 1.807) is 6.92 Å². The van der Waals surface area contributed by atoms with Crippen molar-refractivity contribution in [2.24, 2.45) is 0 Å². The highest BCUT2D eigenvalue weighted by Gasteiger charge is 2.31. The molecule has 0 aliphatic rings. The van der Waals surface area contributed by atoms with E-state index in [4.69, 9.17) is 4.74 Å². The molecule has 0 saturated carbocycles. The van der Waals surface area contributed by atoms with Gasteiger partial charge in [-0.25, -0.2) is 0 Å². The van der Waals surface area contributed by atoms with E-state index in [1.807, 2.05) is 6.92 Å². The van der Waals surface area contributed by atoms with E-state index in [9.17, 15) is 9.90 Å². The minimum Gasteiger partial charge on any atom is -0.463 e. The second kappa shape index (κ2) is 6.58. The van der Waals surface area contributed by atoms with Crippen LogP contribution in [0, 0.1) is 0 Å². The average Bonchev–Trinajstić information content (AvgIpc) is 2.14. The molecule has 2 atom stereocenters. The lowest BCUT2D eigenvalue weighted by molar-refractivity contribution is -0.150. The van der Waals surface area contributed by atoms with E-state index in [1.165, 1.54) is 0 Å². The molecule has 0 fully saturated rings. The summed E-state index contributed by atoms with van der Waals surface area (Å²) in [5.74, 6) is -0.0708. The van der Waals surface area contributed by atoms with Gasteiger partial charge in [-0.05, 0) is 6.42 Å². The first-order chi connectivity index (χ1) is 6.46. The van der Waals surface area contributed by atoms with E-state index in [2.05, 4.69) is 25.3 Å². The molecular formula is C9H18O3S2. The van der Waals surface area contributed by atoms with Crippen molar-refractivity contribution in [2.75, 3.05) is 12.4 Å². The van der Waals surface area contributed by atoms with Crippen LogP contribution in [-0.2, 0) is 9.53 Å². The van der Waals surface area contributed by atoms with Crippen LogP contribution in [0.2, 0.25) is 0 Å². The third-order valence-corrected chi connectivity index (χ3v) is 3.02. The number of carbonyl (C=O) groups excluding carboxylic acids is 1. The molecule has 1 N–H and O–H groups in total. The Morgan fingerprint density at radius 2 is 2.21 bits per heavy atom. The van der Waals surface area contributed by atoms with Gasteiger partial charge in [-0.15, -0.1) is 0 Å². The Bertz CT molecular complexity index is 185. The molecule has 0 aliphatic carbocycles. The van der Waals surface area contributed by atoms with E-state index < -0.39 is 5.60 Å². The van der Waals surface area contributed by atoms with Gasteiger partial charge in [-0.2, -0.15) is 25.3 Å². The number of carbonyl (C=O) groups is 1. The topological polar surface area (TPSA) is 46.5 Å². The van der Waals surface area contributed by atoms with E-state index >= 15 is 0 Å². The van der Waals surface area contributed by atoms with Gasteiger partial charge in [0.2, 0.25) is 0 Å². The quantitative estimate of drug-likeness (QED) is 0.483. The number of thiol groups is 2. The summed E-state index contributed by atoms with van der Waals surface area (Å²) in [4.78, 5) is 11.0. The molecule has 0 aromatic rings. The molecule has 0 bridgehead atoms. The van der Waals surface area contributed by atoms with Crippen LogP contribution in [0.25, 0.3) is 0 Å². The zero-order chi connectivity index (χ0) is 11.2. The molecule has 0 aromatic carbocycles. The summed E-state index contributed by atoms with van der Waals surface area (Å²) < 4.78 is 4.91. The first kappa shape index (κ1) is 14.1. The fourth-order valence-corrected chi connectivity index (χ4v) is 1.46. The Labute approximate surface area is 96.0 Å². The summed E-state index contributed by atoms with van der Waals surface area (Å²) in [6.07, 6.45) is 1.12. The Morgan fingerprint density at radius 1 is 1.64 bits per heavy atom. The summed E-state index contributed by atoms with van der Waals surface area (Å²) in [6.45, 7) is 3.60. The zero-order valence-electron chi connectivity index (χ0n) is 8.56. The van der Waals surface area contributed by atoms with Crippen LogP contribution in [0.1, 0.15) is 26.7 Å². The Kier molecular flexibility index (Phi) is 6.64. The van der Waals surface area contributed by atoms with Gasteiger partial charge in [0.25, 0.3) is 0 Å². The molecule has 0 saturated heterocycles.